The molecule has 0 unspecified atom stereocenters. The highest BCUT2D eigenvalue weighted by Gasteiger charge is 2.09. The molecule has 0 saturated heterocycles. The van der Waals surface area contributed by atoms with Crippen molar-refractivity contribution in [3.8, 4) is 23.0 Å². The summed E-state index contributed by atoms with van der Waals surface area (Å²) >= 11 is 0. The van der Waals surface area contributed by atoms with E-state index in [-0.39, 0.29) is 18.9 Å². The minimum Gasteiger partial charge on any atom is -0.497 e. The second kappa shape index (κ2) is 8.67. The third-order valence-electron chi connectivity index (χ3n) is 3.34. The van der Waals surface area contributed by atoms with Crippen LogP contribution in [0.4, 0.5) is 5.69 Å². The Hall–Kier alpha value is -2.89. The fraction of sp³-hybridized carbons (Fsp3) is 0.278. The van der Waals surface area contributed by atoms with Crippen LogP contribution in [0, 0.1) is 0 Å². The largest absolute Gasteiger partial charge is 0.497 e. The first kappa shape index (κ1) is 17.5. The zero-order valence-electron chi connectivity index (χ0n) is 14.0. The van der Waals surface area contributed by atoms with Gasteiger partial charge in [-0.1, -0.05) is 0 Å². The normalized spacial score (nSPS) is 9.96. The number of nitrogens with one attached hydrogen (secondary N) is 1. The molecule has 0 spiro atoms. The molecule has 0 aliphatic rings. The van der Waals surface area contributed by atoms with Gasteiger partial charge in [0, 0.05) is 6.07 Å². The van der Waals surface area contributed by atoms with Crippen LogP contribution in [-0.4, -0.2) is 33.8 Å². The first-order chi connectivity index (χ1) is 11.7. The van der Waals surface area contributed by atoms with Gasteiger partial charge in [-0.25, -0.2) is 0 Å². The van der Waals surface area contributed by atoms with Crippen LogP contribution in [0.3, 0.4) is 0 Å². The third kappa shape index (κ3) is 4.81. The zero-order valence-corrected chi connectivity index (χ0v) is 14.0. The number of methoxy groups -OCH3 is 3. The van der Waals surface area contributed by atoms with E-state index in [1.165, 1.54) is 7.11 Å². The molecule has 1 amide bonds. The van der Waals surface area contributed by atoms with E-state index in [4.69, 9.17) is 18.9 Å². The summed E-state index contributed by atoms with van der Waals surface area (Å²) in [6.07, 6.45) is 0.223. The summed E-state index contributed by atoms with van der Waals surface area (Å²) in [6.45, 7) is 0.274. The molecule has 128 valence electrons. The van der Waals surface area contributed by atoms with Crippen LogP contribution < -0.4 is 24.3 Å². The van der Waals surface area contributed by atoms with Crippen LogP contribution >= 0.6 is 0 Å². The lowest BCUT2D eigenvalue weighted by Crippen LogP contribution is -2.15. The quantitative estimate of drug-likeness (QED) is 0.805. The average molecular weight is 331 g/mol. The molecule has 2 aromatic carbocycles. The Morgan fingerprint density at radius 1 is 0.875 bits per heavy atom. The summed E-state index contributed by atoms with van der Waals surface area (Å²) in [6, 6.07) is 12.4. The summed E-state index contributed by atoms with van der Waals surface area (Å²) < 4.78 is 21.0. The Bertz CT molecular complexity index is 670. The maximum absolute atomic E-state index is 12.0. The monoisotopic (exact) mass is 331 g/mol. The third-order valence-corrected chi connectivity index (χ3v) is 3.34. The maximum Gasteiger partial charge on any atom is 0.227 e. The Kier molecular flexibility index (Phi) is 6.31. The Morgan fingerprint density at radius 3 is 2.12 bits per heavy atom. The molecule has 0 bridgehead atoms. The van der Waals surface area contributed by atoms with Gasteiger partial charge >= 0.3 is 0 Å². The number of hydrogen-bond donors (Lipinski definition) is 1. The first-order valence-corrected chi connectivity index (χ1v) is 7.45. The number of amides is 1. The number of carbonyl (C=O) groups excluding carboxylic acids is 1. The van der Waals surface area contributed by atoms with E-state index >= 15 is 0 Å². The van der Waals surface area contributed by atoms with E-state index in [0.717, 1.165) is 5.75 Å². The molecule has 0 atom stereocenters. The van der Waals surface area contributed by atoms with Crippen molar-refractivity contribution < 1.29 is 23.7 Å². The van der Waals surface area contributed by atoms with Crippen molar-refractivity contribution >= 4 is 11.6 Å². The van der Waals surface area contributed by atoms with Gasteiger partial charge in [-0.05, 0) is 36.4 Å². The Labute approximate surface area is 141 Å². The van der Waals surface area contributed by atoms with Crippen LogP contribution in [0.15, 0.2) is 42.5 Å². The number of ether oxygens (including phenoxy) is 4. The molecule has 0 aliphatic carbocycles. The highest BCUT2D eigenvalue weighted by atomic mass is 16.5. The summed E-state index contributed by atoms with van der Waals surface area (Å²) in [4.78, 5) is 12.0. The topological polar surface area (TPSA) is 66.0 Å². The van der Waals surface area contributed by atoms with Crippen LogP contribution in [-0.2, 0) is 4.79 Å². The summed E-state index contributed by atoms with van der Waals surface area (Å²) in [7, 11) is 4.72. The number of hydrogen-bond acceptors (Lipinski definition) is 5. The van der Waals surface area contributed by atoms with E-state index in [2.05, 4.69) is 5.32 Å². The van der Waals surface area contributed by atoms with Gasteiger partial charge < -0.3 is 24.3 Å². The molecule has 2 aromatic rings. The summed E-state index contributed by atoms with van der Waals surface area (Å²) in [5.41, 5.74) is 0.591. The number of anilines is 1. The molecule has 6 heteroatoms. The van der Waals surface area contributed by atoms with E-state index in [1.807, 2.05) is 0 Å². The van der Waals surface area contributed by atoms with Gasteiger partial charge in [-0.3, -0.25) is 4.79 Å². The number of carbonyl (C=O) groups is 1. The Morgan fingerprint density at radius 2 is 1.50 bits per heavy atom. The standard InChI is InChI=1S/C18H21NO5/c1-21-13-4-6-14(7-5-13)24-11-10-18(20)19-16-9-8-15(22-2)12-17(16)23-3/h4-9,12H,10-11H2,1-3H3,(H,19,20). The van der Waals surface area contributed by atoms with Crippen molar-refractivity contribution in [2.45, 2.75) is 6.42 Å². The van der Waals surface area contributed by atoms with Gasteiger partial charge in [0.25, 0.3) is 0 Å². The predicted molar refractivity (Wildman–Crippen MR) is 91.3 cm³/mol. The zero-order chi connectivity index (χ0) is 17.4. The second-order valence-corrected chi connectivity index (χ2v) is 4.89. The minimum atomic E-state index is -0.160. The van der Waals surface area contributed by atoms with Crippen LogP contribution in [0.5, 0.6) is 23.0 Å². The van der Waals surface area contributed by atoms with Crippen molar-refractivity contribution in [2.75, 3.05) is 33.3 Å². The number of rotatable bonds is 8. The molecule has 1 N–H and O–H groups in total. The first-order valence-electron chi connectivity index (χ1n) is 7.45. The van der Waals surface area contributed by atoms with E-state index < -0.39 is 0 Å². The molecular formula is C18H21NO5. The summed E-state index contributed by atoms with van der Waals surface area (Å²) in [5.74, 6) is 2.48. The van der Waals surface area contributed by atoms with Gasteiger partial charge in [-0.15, -0.1) is 0 Å². The van der Waals surface area contributed by atoms with Gasteiger partial charge in [0.1, 0.15) is 23.0 Å². The van der Waals surface area contributed by atoms with Gasteiger partial charge in [-0.2, -0.15) is 0 Å². The lowest BCUT2D eigenvalue weighted by molar-refractivity contribution is -0.116. The predicted octanol–water partition coefficient (Wildman–Crippen LogP) is 3.12. The molecule has 0 aliphatic heterocycles. The van der Waals surface area contributed by atoms with E-state index in [1.54, 1.807) is 56.7 Å². The smallest absolute Gasteiger partial charge is 0.227 e. The van der Waals surface area contributed by atoms with Crippen LogP contribution in [0.25, 0.3) is 0 Å². The molecule has 0 fully saturated rings. The van der Waals surface area contributed by atoms with Crippen molar-refractivity contribution in [1.82, 2.24) is 0 Å². The van der Waals surface area contributed by atoms with Gasteiger partial charge in [0.2, 0.25) is 5.91 Å². The molecule has 6 nitrogen and oxygen atoms in total. The SMILES string of the molecule is COc1ccc(OCCC(=O)Nc2ccc(OC)cc2OC)cc1. The van der Waals surface area contributed by atoms with Crippen molar-refractivity contribution in [3.05, 3.63) is 42.5 Å². The Balaban J connectivity index is 1.84. The van der Waals surface area contributed by atoms with E-state index in [9.17, 15) is 4.79 Å². The molecule has 0 heterocycles. The van der Waals surface area contributed by atoms with Crippen LogP contribution in [0.2, 0.25) is 0 Å². The molecule has 0 radical (unpaired) electrons. The minimum absolute atomic E-state index is 0.160. The molecule has 0 saturated carbocycles. The summed E-state index contributed by atoms with van der Waals surface area (Å²) in [5, 5.41) is 2.80. The van der Waals surface area contributed by atoms with Crippen molar-refractivity contribution in [3.63, 3.8) is 0 Å². The lowest BCUT2D eigenvalue weighted by atomic mass is 10.2. The molecule has 2 rings (SSSR count). The second-order valence-electron chi connectivity index (χ2n) is 4.89. The average Bonchev–Trinajstić information content (AvgIpc) is 2.62. The van der Waals surface area contributed by atoms with Crippen LogP contribution in [0.1, 0.15) is 6.42 Å². The highest BCUT2D eigenvalue weighted by Crippen LogP contribution is 2.29. The maximum atomic E-state index is 12.0. The molecule has 0 aromatic heterocycles. The van der Waals surface area contributed by atoms with Crippen molar-refractivity contribution in [1.29, 1.82) is 0 Å². The van der Waals surface area contributed by atoms with E-state index in [0.29, 0.717) is 22.9 Å². The van der Waals surface area contributed by atoms with Gasteiger partial charge in [0.05, 0.1) is 40.0 Å². The fourth-order valence-electron chi connectivity index (χ4n) is 2.05. The number of benzene rings is 2. The highest BCUT2D eigenvalue weighted by molar-refractivity contribution is 5.92. The molecule has 24 heavy (non-hydrogen) atoms. The van der Waals surface area contributed by atoms with Crippen molar-refractivity contribution in [2.24, 2.45) is 0 Å². The lowest BCUT2D eigenvalue weighted by Gasteiger charge is -2.12. The molecular weight excluding hydrogens is 310 g/mol. The fourth-order valence-corrected chi connectivity index (χ4v) is 2.05. The van der Waals surface area contributed by atoms with Gasteiger partial charge in [0.15, 0.2) is 0 Å².